The first kappa shape index (κ1) is 20.3. The molecule has 0 saturated carbocycles. The van der Waals surface area contributed by atoms with Gasteiger partial charge in [0.15, 0.2) is 0 Å². The summed E-state index contributed by atoms with van der Waals surface area (Å²) in [5, 5.41) is 2.98. The van der Waals surface area contributed by atoms with Crippen molar-refractivity contribution < 1.29 is 9.35 Å². The summed E-state index contributed by atoms with van der Waals surface area (Å²) in [5.74, 6) is -0.165. The molecule has 2 aromatic carbocycles. The van der Waals surface area contributed by atoms with Crippen LogP contribution < -0.4 is 14.9 Å². The summed E-state index contributed by atoms with van der Waals surface area (Å²) in [6.45, 7) is 9.57. The van der Waals surface area contributed by atoms with Gasteiger partial charge in [-0.1, -0.05) is 12.2 Å². The van der Waals surface area contributed by atoms with E-state index in [1.54, 1.807) is 24.3 Å². The summed E-state index contributed by atoms with van der Waals surface area (Å²) in [6, 6.07) is 13.1. The van der Waals surface area contributed by atoms with Crippen molar-refractivity contribution in [2.75, 3.05) is 28.0 Å². The summed E-state index contributed by atoms with van der Waals surface area (Å²) < 4.78 is 14.8. The van der Waals surface area contributed by atoms with E-state index in [2.05, 4.69) is 33.2 Å². The van der Waals surface area contributed by atoms with Crippen LogP contribution in [0.15, 0.2) is 54.6 Å². The fourth-order valence-electron chi connectivity index (χ4n) is 2.82. The molecule has 0 radical (unpaired) electrons. The molecule has 148 valence electrons. The number of nitrogens with one attached hydrogen (secondary N) is 2. The van der Waals surface area contributed by atoms with Crippen molar-refractivity contribution in [2.24, 2.45) is 0 Å². The lowest BCUT2D eigenvalue weighted by molar-refractivity contribution is 0.102. The van der Waals surface area contributed by atoms with Crippen LogP contribution in [0, 0.1) is 6.92 Å². The molecule has 2 N–H and O–H groups in total. The largest absolute Gasteiger partial charge is 0.593 e. The summed E-state index contributed by atoms with van der Waals surface area (Å²) >= 11 is -1.20. The predicted molar refractivity (Wildman–Crippen MR) is 118 cm³/mol. The standard InChI is InChI=1S/C22H27N3O2S/c1-16-15-19(25-13-5-6-14-25)11-12-20(16)23-21(26)17-7-9-18(10-8-17)24-28(27)22(2,3)4/h5-12,15,24H,13-14H2,1-4H3,(H,23,26). The fourth-order valence-corrected chi connectivity index (χ4v) is 3.47. The van der Waals surface area contributed by atoms with Gasteiger partial charge in [-0.2, -0.15) is 0 Å². The molecular weight excluding hydrogens is 370 g/mol. The Hall–Kier alpha value is -2.44. The smallest absolute Gasteiger partial charge is 0.255 e. The van der Waals surface area contributed by atoms with Gasteiger partial charge in [-0.3, -0.25) is 4.79 Å². The van der Waals surface area contributed by atoms with Crippen LogP contribution >= 0.6 is 0 Å². The van der Waals surface area contributed by atoms with Gasteiger partial charge in [0, 0.05) is 30.0 Å². The van der Waals surface area contributed by atoms with Gasteiger partial charge in [0.25, 0.3) is 5.91 Å². The van der Waals surface area contributed by atoms with Crippen LogP contribution in [0.3, 0.4) is 0 Å². The van der Waals surface area contributed by atoms with Gasteiger partial charge in [0.1, 0.15) is 4.75 Å². The molecule has 0 aromatic heterocycles. The van der Waals surface area contributed by atoms with Crippen LogP contribution in [-0.4, -0.2) is 28.3 Å². The third-order valence-electron chi connectivity index (χ3n) is 4.56. The molecule has 0 fully saturated rings. The summed E-state index contributed by atoms with van der Waals surface area (Å²) in [4.78, 5) is 14.9. The minimum Gasteiger partial charge on any atom is -0.593 e. The van der Waals surface area contributed by atoms with Gasteiger partial charge in [0.05, 0.1) is 17.0 Å². The van der Waals surface area contributed by atoms with Crippen molar-refractivity contribution in [1.82, 2.24) is 0 Å². The first-order chi connectivity index (χ1) is 13.2. The molecule has 0 bridgehead atoms. The van der Waals surface area contributed by atoms with E-state index in [4.69, 9.17) is 0 Å². The van der Waals surface area contributed by atoms with Crippen LogP contribution in [0.1, 0.15) is 36.7 Å². The van der Waals surface area contributed by atoms with E-state index >= 15 is 0 Å². The monoisotopic (exact) mass is 397 g/mol. The van der Waals surface area contributed by atoms with Crippen molar-refractivity contribution >= 4 is 34.3 Å². The Morgan fingerprint density at radius 2 is 1.71 bits per heavy atom. The van der Waals surface area contributed by atoms with Crippen LogP contribution in [-0.2, 0) is 11.4 Å². The van der Waals surface area contributed by atoms with Crippen molar-refractivity contribution in [1.29, 1.82) is 0 Å². The number of carbonyl (C=O) groups excluding carboxylic acids is 1. The Morgan fingerprint density at radius 1 is 1.07 bits per heavy atom. The highest BCUT2D eigenvalue weighted by Crippen LogP contribution is 2.25. The lowest BCUT2D eigenvalue weighted by atomic mass is 10.1. The van der Waals surface area contributed by atoms with E-state index in [-0.39, 0.29) is 10.7 Å². The first-order valence-corrected chi connectivity index (χ1v) is 10.5. The number of benzene rings is 2. The van der Waals surface area contributed by atoms with Crippen molar-refractivity contribution in [3.05, 3.63) is 65.7 Å². The molecule has 5 nitrogen and oxygen atoms in total. The number of aryl methyl sites for hydroxylation is 1. The average molecular weight is 398 g/mol. The summed E-state index contributed by atoms with van der Waals surface area (Å²) in [5.41, 5.74) is 4.26. The lowest BCUT2D eigenvalue weighted by Gasteiger charge is -2.24. The fraction of sp³-hybridized carbons (Fsp3) is 0.318. The maximum absolute atomic E-state index is 12.6. The van der Waals surface area contributed by atoms with Gasteiger partial charge in [-0.25, -0.2) is 4.72 Å². The molecular formula is C22H27N3O2S. The van der Waals surface area contributed by atoms with E-state index in [9.17, 15) is 9.35 Å². The number of hydrogen-bond acceptors (Lipinski definition) is 4. The summed E-state index contributed by atoms with van der Waals surface area (Å²) in [7, 11) is 0. The maximum atomic E-state index is 12.6. The number of hydrogen-bond donors (Lipinski definition) is 2. The van der Waals surface area contributed by atoms with Crippen LogP contribution in [0.4, 0.5) is 17.1 Å². The van der Waals surface area contributed by atoms with E-state index in [0.29, 0.717) is 5.56 Å². The van der Waals surface area contributed by atoms with Gasteiger partial charge in [0.2, 0.25) is 0 Å². The second-order valence-electron chi connectivity index (χ2n) is 7.89. The number of amides is 1. The predicted octanol–water partition coefficient (Wildman–Crippen LogP) is 4.50. The molecule has 1 atom stereocenters. The van der Waals surface area contributed by atoms with E-state index < -0.39 is 11.4 Å². The molecule has 0 saturated heterocycles. The number of anilines is 3. The molecule has 28 heavy (non-hydrogen) atoms. The van der Waals surface area contributed by atoms with Gasteiger partial charge >= 0.3 is 0 Å². The minimum atomic E-state index is -1.20. The van der Waals surface area contributed by atoms with Crippen LogP contribution in [0.2, 0.25) is 0 Å². The minimum absolute atomic E-state index is 0.165. The molecule has 1 unspecified atom stereocenters. The van der Waals surface area contributed by atoms with Crippen LogP contribution in [0.25, 0.3) is 0 Å². The Morgan fingerprint density at radius 3 is 2.29 bits per heavy atom. The second kappa shape index (κ2) is 8.29. The molecule has 1 heterocycles. The Bertz CT molecular complexity index is 864. The van der Waals surface area contributed by atoms with Gasteiger partial charge < -0.3 is 14.8 Å². The van der Waals surface area contributed by atoms with Crippen molar-refractivity contribution in [2.45, 2.75) is 32.4 Å². The highest BCUT2D eigenvalue weighted by molar-refractivity contribution is 7.94. The number of carbonyl (C=O) groups is 1. The number of nitrogens with zero attached hydrogens (tertiary/aromatic N) is 1. The first-order valence-electron chi connectivity index (χ1n) is 9.34. The molecule has 1 aliphatic heterocycles. The molecule has 1 aliphatic rings. The number of rotatable bonds is 5. The lowest BCUT2D eigenvalue weighted by Crippen LogP contribution is -2.33. The maximum Gasteiger partial charge on any atom is 0.255 e. The highest BCUT2D eigenvalue weighted by Gasteiger charge is 2.26. The zero-order chi connectivity index (χ0) is 20.3. The average Bonchev–Trinajstić information content (AvgIpc) is 3.18. The second-order valence-corrected chi connectivity index (χ2v) is 9.86. The third-order valence-corrected chi connectivity index (χ3v) is 6.09. The van der Waals surface area contributed by atoms with Crippen LogP contribution in [0.5, 0.6) is 0 Å². The van der Waals surface area contributed by atoms with E-state index in [0.717, 1.165) is 35.7 Å². The molecule has 2 aromatic rings. The Kier molecular flexibility index (Phi) is 6.01. The quantitative estimate of drug-likeness (QED) is 0.576. The van der Waals surface area contributed by atoms with E-state index in [1.165, 1.54) is 0 Å². The van der Waals surface area contributed by atoms with Crippen molar-refractivity contribution in [3.8, 4) is 0 Å². The van der Waals surface area contributed by atoms with Gasteiger partial charge in [-0.15, -0.1) is 0 Å². The molecule has 3 rings (SSSR count). The third kappa shape index (κ3) is 4.88. The molecule has 1 amide bonds. The van der Waals surface area contributed by atoms with Crippen molar-refractivity contribution in [3.63, 3.8) is 0 Å². The zero-order valence-corrected chi connectivity index (χ0v) is 17.6. The highest BCUT2D eigenvalue weighted by atomic mass is 32.2. The molecule has 6 heteroatoms. The Balaban J connectivity index is 1.64. The normalized spacial score (nSPS) is 14.8. The topological polar surface area (TPSA) is 67.4 Å². The van der Waals surface area contributed by atoms with E-state index in [1.807, 2.05) is 39.8 Å². The Labute approximate surface area is 170 Å². The zero-order valence-electron chi connectivity index (χ0n) is 16.8. The van der Waals surface area contributed by atoms with Gasteiger partial charge in [-0.05, 0) is 75.7 Å². The molecule has 0 aliphatic carbocycles. The SMILES string of the molecule is Cc1cc(N2CC=CC2)ccc1NC(=O)c1ccc(N[S+]([O-])C(C)(C)C)cc1. The summed E-state index contributed by atoms with van der Waals surface area (Å²) in [6.07, 6.45) is 4.31. The molecule has 0 spiro atoms.